The highest BCUT2D eigenvalue weighted by atomic mass is 16.5. The Morgan fingerprint density at radius 3 is 2.06 bits per heavy atom. The summed E-state index contributed by atoms with van der Waals surface area (Å²) in [6.07, 6.45) is 0. The fourth-order valence-corrected chi connectivity index (χ4v) is 4.38. The number of aliphatic hydroxyl groups is 1. The standard InChI is InChI=1S/C28H23NO2/c1-31-25-19-11-9-17-23(25)28(30,21-14-6-3-7-15-21)27-26(20-12-4-2-5-13-20)22-16-8-10-18-24(22)29-27/h2-19,29-30H,1H3. The van der Waals surface area contributed by atoms with Crippen LogP contribution in [0.5, 0.6) is 5.75 Å². The number of rotatable bonds is 5. The number of ether oxygens (including phenoxy) is 1. The van der Waals surface area contributed by atoms with E-state index in [9.17, 15) is 5.11 Å². The van der Waals surface area contributed by atoms with Gasteiger partial charge in [-0.1, -0.05) is 97.1 Å². The summed E-state index contributed by atoms with van der Waals surface area (Å²) in [6, 6.07) is 35.7. The maximum absolute atomic E-state index is 12.6. The fourth-order valence-electron chi connectivity index (χ4n) is 4.38. The van der Waals surface area contributed by atoms with E-state index >= 15 is 0 Å². The van der Waals surface area contributed by atoms with E-state index < -0.39 is 5.60 Å². The van der Waals surface area contributed by atoms with Gasteiger partial charge in [-0.05, 0) is 23.3 Å². The largest absolute Gasteiger partial charge is 0.496 e. The molecule has 1 aromatic heterocycles. The molecule has 0 radical (unpaired) electrons. The van der Waals surface area contributed by atoms with Gasteiger partial charge in [0.1, 0.15) is 5.75 Å². The van der Waals surface area contributed by atoms with Crippen molar-refractivity contribution in [2.45, 2.75) is 5.60 Å². The second kappa shape index (κ2) is 7.78. The Hall–Kier alpha value is -3.82. The van der Waals surface area contributed by atoms with Gasteiger partial charge in [0, 0.05) is 22.0 Å². The molecule has 0 spiro atoms. The van der Waals surface area contributed by atoms with Crippen LogP contribution >= 0.6 is 0 Å². The van der Waals surface area contributed by atoms with E-state index in [0.29, 0.717) is 11.3 Å². The molecule has 0 aliphatic carbocycles. The van der Waals surface area contributed by atoms with E-state index in [1.165, 1.54) is 0 Å². The monoisotopic (exact) mass is 405 g/mol. The third-order valence-electron chi connectivity index (χ3n) is 5.82. The zero-order valence-electron chi connectivity index (χ0n) is 17.2. The summed E-state index contributed by atoms with van der Waals surface area (Å²) in [5.41, 5.74) is 3.72. The quantitative estimate of drug-likeness (QED) is 0.370. The molecular weight excluding hydrogens is 382 g/mol. The molecule has 0 aliphatic heterocycles. The van der Waals surface area contributed by atoms with Crippen LogP contribution in [0.25, 0.3) is 22.0 Å². The number of aromatic nitrogens is 1. The molecule has 0 fully saturated rings. The van der Waals surface area contributed by atoms with Crippen LogP contribution in [-0.2, 0) is 5.60 Å². The van der Waals surface area contributed by atoms with Crippen LogP contribution in [-0.4, -0.2) is 17.2 Å². The number of para-hydroxylation sites is 2. The van der Waals surface area contributed by atoms with E-state index in [4.69, 9.17) is 4.74 Å². The minimum atomic E-state index is -1.45. The second-order valence-electron chi connectivity index (χ2n) is 7.56. The zero-order valence-corrected chi connectivity index (χ0v) is 17.2. The summed E-state index contributed by atoms with van der Waals surface area (Å²) >= 11 is 0. The van der Waals surface area contributed by atoms with Crippen molar-refractivity contribution >= 4 is 10.9 Å². The van der Waals surface area contributed by atoms with Crippen LogP contribution in [0.15, 0.2) is 109 Å². The van der Waals surface area contributed by atoms with Crippen LogP contribution in [0, 0.1) is 0 Å². The predicted octanol–water partition coefficient (Wildman–Crippen LogP) is 6.13. The maximum Gasteiger partial charge on any atom is 0.159 e. The van der Waals surface area contributed by atoms with Gasteiger partial charge in [0.15, 0.2) is 5.60 Å². The van der Waals surface area contributed by atoms with Crippen molar-refractivity contribution in [3.05, 3.63) is 126 Å². The molecule has 31 heavy (non-hydrogen) atoms. The van der Waals surface area contributed by atoms with Crippen molar-refractivity contribution in [1.82, 2.24) is 4.98 Å². The number of hydrogen-bond acceptors (Lipinski definition) is 2. The van der Waals surface area contributed by atoms with E-state index in [-0.39, 0.29) is 0 Å². The molecule has 0 saturated heterocycles. The van der Waals surface area contributed by atoms with Crippen molar-refractivity contribution in [1.29, 1.82) is 0 Å². The average Bonchev–Trinajstić information content (AvgIpc) is 3.25. The van der Waals surface area contributed by atoms with Gasteiger partial charge in [-0.2, -0.15) is 0 Å². The molecule has 152 valence electrons. The van der Waals surface area contributed by atoms with Crippen LogP contribution in [0.1, 0.15) is 16.8 Å². The molecule has 0 aliphatic rings. The van der Waals surface area contributed by atoms with Crippen LogP contribution in [0.4, 0.5) is 0 Å². The SMILES string of the molecule is COc1ccccc1C(O)(c1ccccc1)c1[nH]c2ccccc2c1-c1ccccc1. The van der Waals surface area contributed by atoms with Gasteiger partial charge in [0.2, 0.25) is 0 Å². The number of benzene rings is 4. The normalized spacial score (nSPS) is 13.1. The van der Waals surface area contributed by atoms with Gasteiger partial charge >= 0.3 is 0 Å². The van der Waals surface area contributed by atoms with Gasteiger partial charge in [-0.3, -0.25) is 0 Å². The van der Waals surface area contributed by atoms with Crippen molar-refractivity contribution in [3.8, 4) is 16.9 Å². The average molecular weight is 405 g/mol. The van der Waals surface area contributed by atoms with Crippen LogP contribution < -0.4 is 4.74 Å². The first-order chi connectivity index (χ1) is 15.2. The van der Waals surface area contributed by atoms with Gasteiger partial charge < -0.3 is 14.8 Å². The number of methoxy groups -OCH3 is 1. The molecule has 0 bridgehead atoms. The van der Waals surface area contributed by atoms with E-state index in [2.05, 4.69) is 23.2 Å². The molecule has 0 amide bonds. The summed E-state index contributed by atoms with van der Waals surface area (Å²) < 4.78 is 5.68. The molecule has 3 heteroatoms. The number of hydrogen-bond donors (Lipinski definition) is 2. The molecule has 3 nitrogen and oxygen atoms in total. The molecule has 1 heterocycles. The molecule has 4 aromatic carbocycles. The molecule has 2 N–H and O–H groups in total. The molecule has 1 unspecified atom stereocenters. The van der Waals surface area contributed by atoms with Crippen molar-refractivity contribution < 1.29 is 9.84 Å². The van der Waals surface area contributed by atoms with Gasteiger partial charge in [-0.25, -0.2) is 0 Å². The summed E-state index contributed by atoms with van der Waals surface area (Å²) in [7, 11) is 1.63. The molecule has 5 aromatic rings. The molecule has 5 rings (SSSR count). The first kappa shape index (κ1) is 19.2. The fraction of sp³-hybridized carbons (Fsp3) is 0.0714. The predicted molar refractivity (Wildman–Crippen MR) is 125 cm³/mol. The Labute approximate surface area is 181 Å². The minimum absolute atomic E-state index is 0.631. The third kappa shape index (κ3) is 3.11. The first-order valence-electron chi connectivity index (χ1n) is 10.3. The van der Waals surface area contributed by atoms with E-state index in [0.717, 1.165) is 33.3 Å². The molecule has 1 atom stereocenters. The maximum atomic E-state index is 12.6. The molecule has 0 saturated carbocycles. The zero-order chi connectivity index (χ0) is 21.3. The van der Waals surface area contributed by atoms with Crippen LogP contribution in [0.2, 0.25) is 0 Å². The third-order valence-corrected chi connectivity index (χ3v) is 5.82. The number of H-pyrrole nitrogens is 1. The summed E-state index contributed by atoms with van der Waals surface area (Å²) in [5, 5.41) is 13.6. The first-order valence-corrected chi connectivity index (χ1v) is 10.3. The van der Waals surface area contributed by atoms with Gasteiger partial charge in [0.05, 0.1) is 12.8 Å². The van der Waals surface area contributed by atoms with E-state index in [1.54, 1.807) is 7.11 Å². The summed E-state index contributed by atoms with van der Waals surface area (Å²) in [6.45, 7) is 0. The lowest BCUT2D eigenvalue weighted by molar-refractivity contribution is 0.119. The lowest BCUT2D eigenvalue weighted by atomic mass is 9.80. The Balaban J connectivity index is 1.91. The van der Waals surface area contributed by atoms with E-state index in [1.807, 2.05) is 91.0 Å². The second-order valence-corrected chi connectivity index (χ2v) is 7.56. The lowest BCUT2D eigenvalue weighted by Crippen LogP contribution is -2.30. The Morgan fingerprint density at radius 1 is 0.710 bits per heavy atom. The highest BCUT2D eigenvalue weighted by Gasteiger charge is 2.40. The number of nitrogens with one attached hydrogen (secondary N) is 1. The smallest absolute Gasteiger partial charge is 0.159 e. The summed E-state index contributed by atoms with van der Waals surface area (Å²) in [4.78, 5) is 3.55. The van der Waals surface area contributed by atoms with Gasteiger partial charge in [-0.15, -0.1) is 0 Å². The Bertz CT molecular complexity index is 1330. The Morgan fingerprint density at radius 2 is 1.32 bits per heavy atom. The molecular formula is C28H23NO2. The highest BCUT2D eigenvalue weighted by molar-refractivity contribution is 5.98. The Kier molecular flexibility index (Phi) is 4.81. The number of fused-ring (bicyclic) bond motifs is 1. The van der Waals surface area contributed by atoms with Crippen molar-refractivity contribution in [3.63, 3.8) is 0 Å². The number of aromatic amines is 1. The summed E-state index contributed by atoms with van der Waals surface area (Å²) in [5.74, 6) is 0.631. The van der Waals surface area contributed by atoms with Crippen molar-refractivity contribution in [2.75, 3.05) is 7.11 Å². The van der Waals surface area contributed by atoms with Crippen LogP contribution in [0.3, 0.4) is 0 Å². The highest BCUT2D eigenvalue weighted by Crippen LogP contribution is 2.46. The lowest BCUT2D eigenvalue weighted by Gasteiger charge is -2.31. The topological polar surface area (TPSA) is 45.2 Å². The van der Waals surface area contributed by atoms with Gasteiger partial charge in [0.25, 0.3) is 0 Å². The van der Waals surface area contributed by atoms with Crippen molar-refractivity contribution in [2.24, 2.45) is 0 Å². The minimum Gasteiger partial charge on any atom is -0.496 e.